The van der Waals surface area contributed by atoms with Crippen LogP contribution in [0.25, 0.3) is 5.57 Å². The Hall–Kier alpha value is -1.59. The SMILES string of the molecule is C#Cc1cncc(C2=CCC[C@H]3CCCN[C@@H]23)c1. The molecule has 1 aliphatic heterocycles. The van der Waals surface area contributed by atoms with Crippen molar-refractivity contribution in [3.8, 4) is 12.3 Å². The van der Waals surface area contributed by atoms with E-state index in [1.165, 1.54) is 36.8 Å². The average Bonchev–Trinajstić information content (AvgIpc) is 2.47. The Kier molecular flexibility index (Phi) is 3.17. The molecule has 1 N–H and O–H groups in total. The van der Waals surface area contributed by atoms with E-state index in [0.29, 0.717) is 6.04 Å². The van der Waals surface area contributed by atoms with Gasteiger partial charge >= 0.3 is 0 Å². The van der Waals surface area contributed by atoms with Gasteiger partial charge in [0.05, 0.1) is 0 Å². The second kappa shape index (κ2) is 4.96. The number of piperidine rings is 1. The van der Waals surface area contributed by atoms with Crippen LogP contribution in [0.2, 0.25) is 0 Å². The molecular weight excluding hydrogens is 220 g/mol. The van der Waals surface area contributed by atoms with Gasteiger partial charge in [-0.25, -0.2) is 0 Å². The van der Waals surface area contributed by atoms with E-state index < -0.39 is 0 Å². The fourth-order valence-corrected chi connectivity index (χ4v) is 3.18. The van der Waals surface area contributed by atoms with Gasteiger partial charge in [0.15, 0.2) is 0 Å². The Morgan fingerprint density at radius 1 is 1.33 bits per heavy atom. The highest BCUT2D eigenvalue weighted by molar-refractivity contribution is 5.71. The van der Waals surface area contributed by atoms with E-state index in [-0.39, 0.29) is 0 Å². The summed E-state index contributed by atoms with van der Waals surface area (Å²) in [5.41, 5.74) is 3.46. The normalized spacial score (nSPS) is 26.9. The van der Waals surface area contributed by atoms with Gasteiger partial charge in [-0.05, 0) is 55.3 Å². The number of allylic oxidation sites excluding steroid dienone is 1. The number of hydrogen-bond acceptors (Lipinski definition) is 2. The first-order chi connectivity index (χ1) is 8.88. The topological polar surface area (TPSA) is 24.9 Å². The van der Waals surface area contributed by atoms with Gasteiger partial charge in [0.1, 0.15) is 0 Å². The first kappa shape index (κ1) is 11.5. The van der Waals surface area contributed by atoms with E-state index in [4.69, 9.17) is 6.42 Å². The standard InChI is InChI=1S/C16H18N2/c1-2-12-9-14(11-17-10-12)15-7-3-5-13-6-4-8-18-16(13)15/h1,7,9-11,13,16,18H,3-6,8H2/t13-,16+/m0/s1. The van der Waals surface area contributed by atoms with Crippen LogP contribution in [0.15, 0.2) is 24.5 Å². The molecule has 1 saturated heterocycles. The van der Waals surface area contributed by atoms with E-state index >= 15 is 0 Å². The smallest absolute Gasteiger partial charge is 0.0432 e. The van der Waals surface area contributed by atoms with Gasteiger partial charge in [0, 0.05) is 24.0 Å². The predicted octanol–water partition coefficient (Wildman–Crippen LogP) is 2.61. The molecule has 1 aliphatic carbocycles. The predicted molar refractivity (Wildman–Crippen MR) is 73.9 cm³/mol. The van der Waals surface area contributed by atoms with Crippen LogP contribution in [0.5, 0.6) is 0 Å². The van der Waals surface area contributed by atoms with Gasteiger partial charge in [-0.2, -0.15) is 0 Å². The van der Waals surface area contributed by atoms with E-state index in [9.17, 15) is 0 Å². The molecule has 92 valence electrons. The van der Waals surface area contributed by atoms with Gasteiger partial charge in [-0.15, -0.1) is 6.42 Å². The Morgan fingerprint density at radius 3 is 3.17 bits per heavy atom. The lowest BCUT2D eigenvalue weighted by Gasteiger charge is -2.37. The lowest BCUT2D eigenvalue weighted by Crippen LogP contribution is -2.43. The van der Waals surface area contributed by atoms with Crippen molar-refractivity contribution in [1.29, 1.82) is 0 Å². The highest BCUT2D eigenvalue weighted by Crippen LogP contribution is 2.35. The molecule has 2 nitrogen and oxygen atoms in total. The highest BCUT2D eigenvalue weighted by Gasteiger charge is 2.30. The van der Waals surface area contributed by atoms with Gasteiger partial charge < -0.3 is 5.32 Å². The quantitative estimate of drug-likeness (QED) is 0.761. The number of aromatic nitrogens is 1. The maximum Gasteiger partial charge on any atom is 0.0432 e. The summed E-state index contributed by atoms with van der Waals surface area (Å²) in [7, 11) is 0. The second-order valence-electron chi connectivity index (χ2n) is 5.18. The number of nitrogens with zero attached hydrogens (tertiary/aromatic N) is 1. The lowest BCUT2D eigenvalue weighted by molar-refractivity contribution is 0.304. The van der Waals surface area contributed by atoms with Crippen molar-refractivity contribution in [2.75, 3.05) is 6.54 Å². The molecule has 1 aromatic heterocycles. The Balaban J connectivity index is 1.94. The second-order valence-corrected chi connectivity index (χ2v) is 5.18. The maximum absolute atomic E-state index is 5.45. The van der Waals surface area contributed by atoms with Crippen molar-refractivity contribution in [2.45, 2.75) is 31.7 Å². The van der Waals surface area contributed by atoms with Crippen LogP contribution < -0.4 is 5.32 Å². The van der Waals surface area contributed by atoms with Crippen molar-refractivity contribution < 1.29 is 0 Å². The number of pyridine rings is 1. The summed E-state index contributed by atoms with van der Waals surface area (Å²) in [6.45, 7) is 1.13. The molecule has 0 spiro atoms. The summed E-state index contributed by atoms with van der Waals surface area (Å²) in [5.74, 6) is 3.45. The zero-order valence-electron chi connectivity index (χ0n) is 10.5. The Morgan fingerprint density at radius 2 is 2.28 bits per heavy atom. The summed E-state index contributed by atoms with van der Waals surface area (Å²) >= 11 is 0. The number of rotatable bonds is 1. The van der Waals surface area contributed by atoms with Crippen molar-refractivity contribution in [3.63, 3.8) is 0 Å². The summed E-state index contributed by atoms with van der Waals surface area (Å²) in [5, 5.41) is 3.66. The minimum absolute atomic E-state index is 0.502. The summed E-state index contributed by atoms with van der Waals surface area (Å²) in [6.07, 6.45) is 16.6. The van der Waals surface area contributed by atoms with Crippen LogP contribution in [-0.4, -0.2) is 17.6 Å². The Labute approximate surface area is 109 Å². The van der Waals surface area contributed by atoms with E-state index in [1.807, 2.05) is 6.20 Å². The third-order valence-electron chi connectivity index (χ3n) is 4.06. The fourth-order valence-electron chi connectivity index (χ4n) is 3.18. The van der Waals surface area contributed by atoms with Crippen LogP contribution in [0.1, 0.15) is 36.8 Å². The Bertz CT molecular complexity index is 510. The average molecular weight is 238 g/mol. The molecule has 18 heavy (non-hydrogen) atoms. The number of nitrogens with one attached hydrogen (secondary N) is 1. The van der Waals surface area contributed by atoms with Crippen molar-refractivity contribution >= 4 is 5.57 Å². The first-order valence-corrected chi connectivity index (χ1v) is 6.74. The first-order valence-electron chi connectivity index (χ1n) is 6.74. The van der Waals surface area contributed by atoms with Crippen molar-refractivity contribution in [2.24, 2.45) is 5.92 Å². The molecular formula is C16H18N2. The zero-order valence-corrected chi connectivity index (χ0v) is 10.5. The summed E-state index contributed by atoms with van der Waals surface area (Å²) < 4.78 is 0. The van der Waals surface area contributed by atoms with Crippen molar-refractivity contribution in [1.82, 2.24) is 10.3 Å². The third-order valence-corrected chi connectivity index (χ3v) is 4.06. The minimum atomic E-state index is 0.502. The monoisotopic (exact) mass is 238 g/mol. The molecule has 1 fully saturated rings. The van der Waals surface area contributed by atoms with E-state index in [1.54, 1.807) is 6.20 Å². The summed E-state index contributed by atoms with van der Waals surface area (Å²) in [4.78, 5) is 4.26. The van der Waals surface area contributed by atoms with Gasteiger partial charge in [-0.3, -0.25) is 4.98 Å². The van der Waals surface area contributed by atoms with Crippen LogP contribution in [0.3, 0.4) is 0 Å². The van der Waals surface area contributed by atoms with Gasteiger partial charge in [-0.1, -0.05) is 12.0 Å². The maximum atomic E-state index is 5.45. The molecule has 0 saturated carbocycles. The number of terminal acetylenes is 1. The van der Waals surface area contributed by atoms with E-state index in [0.717, 1.165) is 18.0 Å². The molecule has 0 radical (unpaired) electrons. The van der Waals surface area contributed by atoms with E-state index in [2.05, 4.69) is 28.4 Å². The molecule has 0 amide bonds. The molecule has 0 bridgehead atoms. The van der Waals surface area contributed by atoms with Crippen molar-refractivity contribution in [3.05, 3.63) is 35.7 Å². The molecule has 1 aromatic rings. The lowest BCUT2D eigenvalue weighted by atomic mass is 9.77. The molecule has 2 atom stereocenters. The molecule has 0 unspecified atom stereocenters. The molecule has 2 heterocycles. The third kappa shape index (κ3) is 2.07. The highest BCUT2D eigenvalue weighted by atomic mass is 14.9. The minimum Gasteiger partial charge on any atom is -0.310 e. The molecule has 0 aromatic carbocycles. The largest absolute Gasteiger partial charge is 0.310 e. The van der Waals surface area contributed by atoms with Crippen LogP contribution in [0.4, 0.5) is 0 Å². The molecule has 2 aliphatic rings. The van der Waals surface area contributed by atoms with Crippen LogP contribution in [-0.2, 0) is 0 Å². The van der Waals surface area contributed by atoms with Crippen LogP contribution in [0, 0.1) is 18.3 Å². The fraction of sp³-hybridized carbons (Fsp3) is 0.438. The number of hydrogen-bond donors (Lipinski definition) is 1. The molecule has 3 rings (SSSR count). The zero-order chi connectivity index (χ0) is 12.4. The molecule has 2 heteroatoms. The van der Waals surface area contributed by atoms with Crippen LogP contribution >= 0.6 is 0 Å². The van der Waals surface area contributed by atoms with Gasteiger partial charge in [0.2, 0.25) is 0 Å². The summed E-state index contributed by atoms with van der Waals surface area (Å²) in [6, 6.07) is 2.58. The number of fused-ring (bicyclic) bond motifs is 1. The van der Waals surface area contributed by atoms with Gasteiger partial charge in [0.25, 0.3) is 0 Å².